The van der Waals surface area contributed by atoms with Crippen LogP contribution in [-0.4, -0.2) is 41.0 Å². The molecule has 5 aliphatic rings. The Hall–Kier alpha value is -1.12. The van der Waals surface area contributed by atoms with E-state index in [2.05, 4.69) is 11.3 Å². The molecular formula is C17H21F3O5. The quantitative estimate of drug-likeness (QED) is 0.604. The highest BCUT2D eigenvalue weighted by Crippen LogP contribution is 2.65. The van der Waals surface area contributed by atoms with Crippen LogP contribution in [0.15, 0.2) is 12.7 Å². The average Bonchev–Trinajstić information content (AvgIpc) is 2.51. The molecule has 1 saturated heterocycles. The number of esters is 1. The van der Waals surface area contributed by atoms with Gasteiger partial charge in [0.25, 0.3) is 5.79 Å². The summed E-state index contributed by atoms with van der Waals surface area (Å²) in [7, 11) is 0. The van der Waals surface area contributed by atoms with Crippen molar-refractivity contribution in [2.75, 3.05) is 6.79 Å². The zero-order valence-electron chi connectivity index (χ0n) is 13.7. The molecule has 1 heterocycles. The van der Waals surface area contributed by atoms with Crippen LogP contribution in [0.25, 0.3) is 0 Å². The van der Waals surface area contributed by atoms with Gasteiger partial charge in [-0.2, -0.15) is 13.2 Å². The summed E-state index contributed by atoms with van der Waals surface area (Å²) in [5.74, 6) is -3.80. The molecule has 25 heavy (non-hydrogen) atoms. The van der Waals surface area contributed by atoms with Crippen molar-refractivity contribution < 1.29 is 37.3 Å². The highest BCUT2D eigenvalue weighted by Gasteiger charge is 2.70. The third-order valence-corrected chi connectivity index (χ3v) is 6.58. The molecule has 0 aromatic heterocycles. The largest absolute Gasteiger partial charge is 0.456 e. The van der Waals surface area contributed by atoms with Gasteiger partial charge in [-0.3, -0.25) is 0 Å². The standard InChI is InChI=1S/C17H21F3O5/c1-2-13(21)25-14-5-10-3-11(6-14)15(12(4-10)7-14)8-16(22,17(18,19)20)24-9-23-15/h2,10-12,22H,1,3-9H2. The molecule has 1 aliphatic heterocycles. The number of aliphatic hydroxyl groups is 1. The van der Waals surface area contributed by atoms with Crippen LogP contribution in [0.4, 0.5) is 13.2 Å². The first-order chi connectivity index (χ1) is 11.6. The molecule has 4 aliphatic carbocycles. The second-order valence-corrected chi connectivity index (χ2v) is 7.97. The summed E-state index contributed by atoms with van der Waals surface area (Å²) < 4.78 is 55.9. The number of alkyl halides is 3. The Balaban J connectivity index is 1.64. The first-order valence-corrected chi connectivity index (χ1v) is 8.54. The lowest BCUT2D eigenvalue weighted by Crippen LogP contribution is -2.70. The molecule has 5 rings (SSSR count). The number of rotatable bonds is 2. The van der Waals surface area contributed by atoms with Crippen molar-refractivity contribution in [3.05, 3.63) is 12.7 Å². The zero-order chi connectivity index (χ0) is 18.1. The molecule has 0 aromatic carbocycles. The van der Waals surface area contributed by atoms with Crippen molar-refractivity contribution in [3.63, 3.8) is 0 Å². The minimum atomic E-state index is -4.88. The van der Waals surface area contributed by atoms with Crippen molar-refractivity contribution in [1.82, 2.24) is 0 Å². The molecule has 4 saturated carbocycles. The Bertz CT molecular complexity index is 588. The lowest BCUT2D eigenvalue weighted by atomic mass is 9.47. The van der Waals surface area contributed by atoms with E-state index in [0.29, 0.717) is 18.8 Å². The molecule has 140 valence electrons. The summed E-state index contributed by atoms with van der Waals surface area (Å²) in [6.45, 7) is 2.82. The van der Waals surface area contributed by atoms with Gasteiger partial charge < -0.3 is 19.3 Å². The highest BCUT2D eigenvalue weighted by atomic mass is 19.4. The van der Waals surface area contributed by atoms with E-state index < -0.39 is 42.3 Å². The lowest BCUT2D eigenvalue weighted by molar-refractivity contribution is -0.444. The van der Waals surface area contributed by atoms with E-state index in [4.69, 9.17) is 9.47 Å². The van der Waals surface area contributed by atoms with Gasteiger partial charge in [-0.25, -0.2) is 4.79 Å². The Morgan fingerprint density at radius 2 is 1.84 bits per heavy atom. The van der Waals surface area contributed by atoms with Crippen LogP contribution in [0.3, 0.4) is 0 Å². The van der Waals surface area contributed by atoms with Gasteiger partial charge in [0.2, 0.25) is 0 Å². The summed E-state index contributed by atoms with van der Waals surface area (Å²) >= 11 is 0. The third-order valence-electron chi connectivity index (χ3n) is 6.58. The number of halogens is 3. The maximum atomic E-state index is 13.3. The highest BCUT2D eigenvalue weighted by molar-refractivity contribution is 5.81. The molecule has 1 N–H and O–H groups in total. The zero-order valence-corrected chi connectivity index (χ0v) is 13.7. The van der Waals surface area contributed by atoms with E-state index in [1.54, 1.807) is 0 Å². The number of ether oxygens (including phenoxy) is 3. The van der Waals surface area contributed by atoms with E-state index in [1.807, 2.05) is 0 Å². The topological polar surface area (TPSA) is 65.0 Å². The van der Waals surface area contributed by atoms with Crippen LogP contribution in [0.1, 0.15) is 38.5 Å². The van der Waals surface area contributed by atoms with Crippen molar-refractivity contribution in [1.29, 1.82) is 0 Å². The predicted molar refractivity (Wildman–Crippen MR) is 78.0 cm³/mol. The Labute approximate surface area is 143 Å². The van der Waals surface area contributed by atoms with Gasteiger partial charge in [0.05, 0.1) is 5.60 Å². The summed E-state index contributed by atoms with van der Waals surface area (Å²) in [5, 5.41) is 10.1. The van der Waals surface area contributed by atoms with E-state index >= 15 is 0 Å². The van der Waals surface area contributed by atoms with Gasteiger partial charge >= 0.3 is 12.1 Å². The first-order valence-electron chi connectivity index (χ1n) is 8.54. The summed E-state index contributed by atoms with van der Waals surface area (Å²) in [6, 6.07) is 0. The van der Waals surface area contributed by atoms with Crippen molar-refractivity contribution in [3.8, 4) is 0 Å². The summed E-state index contributed by atoms with van der Waals surface area (Å²) in [5.41, 5.74) is -1.73. The SMILES string of the molecule is C=CC(=O)OC12CC3CC(C1)C1(CC(O)(C(F)(F)F)OCO1)C(C3)C2. The van der Waals surface area contributed by atoms with Crippen molar-refractivity contribution >= 4 is 5.97 Å². The van der Waals surface area contributed by atoms with Gasteiger partial charge in [-0.05, 0) is 49.9 Å². The normalized spacial score (nSPS) is 48.6. The Morgan fingerprint density at radius 1 is 1.20 bits per heavy atom. The smallest absolute Gasteiger partial charge is 0.443 e. The van der Waals surface area contributed by atoms with E-state index in [0.717, 1.165) is 25.3 Å². The molecule has 3 atom stereocenters. The van der Waals surface area contributed by atoms with Crippen LogP contribution in [0, 0.1) is 17.8 Å². The van der Waals surface area contributed by atoms with E-state index in [9.17, 15) is 23.1 Å². The minimum absolute atomic E-state index is 0.200. The summed E-state index contributed by atoms with van der Waals surface area (Å²) in [6.07, 6.45) is -1.32. The molecule has 0 amide bonds. The van der Waals surface area contributed by atoms with Gasteiger partial charge in [0.1, 0.15) is 5.60 Å². The fraction of sp³-hybridized carbons (Fsp3) is 0.824. The minimum Gasteiger partial charge on any atom is -0.456 e. The van der Waals surface area contributed by atoms with Crippen molar-refractivity contribution in [2.24, 2.45) is 17.8 Å². The van der Waals surface area contributed by atoms with E-state index in [-0.39, 0.29) is 11.8 Å². The maximum Gasteiger partial charge on any atom is 0.443 e. The van der Waals surface area contributed by atoms with Crippen LogP contribution in [0.2, 0.25) is 0 Å². The van der Waals surface area contributed by atoms with Crippen LogP contribution in [0.5, 0.6) is 0 Å². The van der Waals surface area contributed by atoms with Crippen molar-refractivity contribution in [2.45, 2.75) is 61.7 Å². The molecular weight excluding hydrogens is 341 g/mol. The second kappa shape index (κ2) is 5.20. The number of hydrogen-bond acceptors (Lipinski definition) is 5. The van der Waals surface area contributed by atoms with Crippen LogP contribution < -0.4 is 0 Å². The average molecular weight is 362 g/mol. The fourth-order valence-electron chi connectivity index (χ4n) is 5.79. The monoisotopic (exact) mass is 362 g/mol. The lowest BCUT2D eigenvalue weighted by Gasteiger charge is -2.65. The Morgan fingerprint density at radius 3 is 2.40 bits per heavy atom. The predicted octanol–water partition coefficient (Wildman–Crippen LogP) is 2.68. The van der Waals surface area contributed by atoms with Gasteiger partial charge in [-0.15, -0.1) is 0 Å². The fourth-order valence-corrected chi connectivity index (χ4v) is 5.79. The van der Waals surface area contributed by atoms with Crippen LogP contribution >= 0.6 is 0 Å². The third kappa shape index (κ3) is 2.44. The van der Waals surface area contributed by atoms with Gasteiger partial charge in [0, 0.05) is 12.5 Å². The molecule has 8 heteroatoms. The summed E-state index contributed by atoms with van der Waals surface area (Å²) in [4.78, 5) is 11.7. The van der Waals surface area contributed by atoms with E-state index in [1.165, 1.54) is 0 Å². The molecule has 3 unspecified atom stereocenters. The number of carbonyl (C=O) groups is 1. The first kappa shape index (κ1) is 17.3. The molecule has 4 bridgehead atoms. The molecule has 5 nitrogen and oxygen atoms in total. The van der Waals surface area contributed by atoms with Gasteiger partial charge in [0.15, 0.2) is 6.79 Å². The number of carbonyl (C=O) groups excluding carboxylic acids is 1. The molecule has 1 spiro atoms. The van der Waals surface area contributed by atoms with Crippen LogP contribution in [-0.2, 0) is 19.0 Å². The second-order valence-electron chi connectivity index (χ2n) is 7.97. The molecule has 5 fully saturated rings. The molecule has 0 aromatic rings. The molecule has 0 radical (unpaired) electrons. The van der Waals surface area contributed by atoms with Gasteiger partial charge in [-0.1, -0.05) is 6.58 Å². The Kier molecular flexibility index (Phi) is 3.60. The number of hydrogen-bond donors (Lipinski definition) is 1. The maximum absolute atomic E-state index is 13.3.